The Morgan fingerprint density at radius 2 is 1.67 bits per heavy atom. The third kappa shape index (κ3) is 2.04. The van der Waals surface area contributed by atoms with Crippen molar-refractivity contribution >= 4 is 23.5 Å². The number of allylic oxidation sites excluding steroid dienone is 2. The van der Waals surface area contributed by atoms with Crippen LogP contribution in [0.25, 0.3) is 0 Å². The first-order valence-electron chi connectivity index (χ1n) is 8.45. The number of para-hydroxylation sites is 1. The van der Waals surface area contributed by atoms with Crippen LogP contribution in [0.4, 0.5) is 5.69 Å². The Balaban J connectivity index is 1.75. The van der Waals surface area contributed by atoms with E-state index < -0.39 is 5.97 Å². The minimum atomic E-state index is -0.510. The van der Waals surface area contributed by atoms with Crippen LogP contribution in [0.15, 0.2) is 36.4 Å². The molecule has 3 aliphatic carbocycles. The number of rotatable bonds is 3. The van der Waals surface area contributed by atoms with E-state index in [0.29, 0.717) is 5.69 Å². The van der Waals surface area contributed by atoms with Gasteiger partial charge in [-0.2, -0.15) is 0 Å². The van der Waals surface area contributed by atoms with Crippen molar-refractivity contribution in [1.82, 2.24) is 0 Å². The second kappa shape index (κ2) is 5.58. The number of hydrogen-bond donors (Lipinski definition) is 0. The van der Waals surface area contributed by atoms with E-state index in [2.05, 4.69) is 12.2 Å². The predicted octanol–water partition coefficient (Wildman–Crippen LogP) is 2.56. The van der Waals surface area contributed by atoms with Crippen LogP contribution in [0.5, 0.6) is 0 Å². The lowest BCUT2D eigenvalue weighted by Crippen LogP contribution is -2.38. The highest BCUT2D eigenvalue weighted by molar-refractivity contribution is 6.24. The Bertz CT molecular complexity index is 721. The van der Waals surface area contributed by atoms with Crippen molar-refractivity contribution in [2.24, 2.45) is 23.7 Å². The molecule has 5 heteroatoms. The standard InChI is InChI=1S/C19H19NO4/c1-2-24-19(23)13-5-3-4-6-14(13)20-17(21)15-11-7-8-12(10-9-11)16(15)18(20)22/h3-8,11-12,15-16H,2,9-10H2,1H3/t11-,12-,15-,16+/m0/s1. The topological polar surface area (TPSA) is 63.7 Å². The smallest absolute Gasteiger partial charge is 0.340 e. The summed E-state index contributed by atoms with van der Waals surface area (Å²) >= 11 is 0. The van der Waals surface area contributed by atoms with Gasteiger partial charge in [0.05, 0.1) is 29.7 Å². The molecule has 2 amide bonds. The number of anilines is 1. The third-order valence-corrected chi connectivity index (χ3v) is 5.40. The molecule has 1 aliphatic heterocycles. The molecule has 0 unspecified atom stereocenters. The monoisotopic (exact) mass is 325 g/mol. The van der Waals surface area contributed by atoms with Crippen LogP contribution < -0.4 is 4.90 Å². The number of fused-ring (bicyclic) bond motifs is 1. The Morgan fingerprint density at radius 3 is 2.21 bits per heavy atom. The van der Waals surface area contributed by atoms with E-state index in [1.165, 1.54) is 4.90 Å². The van der Waals surface area contributed by atoms with Crippen molar-refractivity contribution in [2.75, 3.05) is 11.5 Å². The van der Waals surface area contributed by atoms with Crippen LogP contribution >= 0.6 is 0 Å². The number of hydrogen-bond acceptors (Lipinski definition) is 4. The molecule has 1 aromatic carbocycles. The predicted molar refractivity (Wildman–Crippen MR) is 87.2 cm³/mol. The molecule has 1 aromatic rings. The van der Waals surface area contributed by atoms with Crippen molar-refractivity contribution in [3.05, 3.63) is 42.0 Å². The maximum atomic E-state index is 13.0. The summed E-state index contributed by atoms with van der Waals surface area (Å²) in [6.45, 7) is 1.97. The third-order valence-electron chi connectivity index (χ3n) is 5.40. The highest BCUT2D eigenvalue weighted by Gasteiger charge is 2.57. The maximum Gasteiger partial charge on any atom is 0.340 e. The maximum absolute atomic E-state index is 13.0. The molecule has 24 heavy (non-hydrogen) atoms. The Hall–Kier alpha value is -2.43. The number of carbonyl (C=O) groups is 3. The average molecular weight is 325 g/mol. The first-order chi connectivity index (χ1) is 11.6. The first-order valence-corrected chi connectivity index (χ1v) is 8.45. The molecule has 0 spiro atoms. The molecule has 0 N–H and O–H groups in total. The van der Waals surface area contributed by atoms with Crippen molar-refractivity contribution < 1.29 is 19.1 Å². The van der Waals surface area contributed by atoms with Crippen LogP contribution in [0.1, 0.15) is 30.1 Å². The van der Waals surface area contributed by atoms with Gasteiger partial charge >= 0.3 is 5.97 Å². The van der Waals surface area contributed by atoms with Gasteiger partial charge in [-0.15, -0.1) is 0 Å². The zero-order valence-corrected chi connectivity index (χ0v) is 13.5. The van der Waals surface area contributed by atoms with Crippen LogP contribution in [0, 0.1) is 23.7 Å². The van der Waals surface area contributed by atoms with Gasteiger partial charge in [0.1, 0.15) is 0 Å². The Labute approximate surface area is 140 Å². The number of nitrogens with zero attached hydrogens (tertiary/aromatic N) is 1. The molecule has 1 saturated heterocycles. The van der Waals surface area contributed by atoms with E-state index in [4.69, 9.17) is 4.74 Å². The van der Waals surface area contributed by atoms with Gasteiger partial charge in [0, 0.05) is 0 Å². The van der Waals surface area contributed by atoms with Gasteiger partial charge in [-0.3, -0.25) is 9.59 Å². The number of amides is 2. The lowest BCUT2D eigenvalue weighted by Gasteiger charge is -2.38. The van der Waals surface area contributed by atoms with Crippen LogP contribution in [0.2, 0.25) is 0 Å². The molecule has 4 atom stereocenters. The zero-order valence-electron chi connectivity index (χ0n) is 13.5. The number of esters is 1. The van der Waals surface area contributed by atoms with Gasteiger partial charge in [0.25, 0.3) is 0 Å². The van der Waals surface area contributed by atoms with E-state index >= 15 is 0 Å². The normalized spacial score (nSPS) is 30.6. The van der Waals surface area contributed by atoms with Gasteiger partial charge in [0.15, 0.2) is 0 Å². The fourth-order valence-corrected chi connectivity index (χ4v) is 4.36. The molecule has 0 aromatic heterocycles. The molecule has 1 heterocycles. The summed E-state index contributed by atoms with van der Waals surface area (Å²) in [5, 5.41) is 0. The molecule has 5 nitrogen and oxygen atoms in total. The first kappa shape index (κ1) is 15.1. The Kier molecular flexibility index (Phi) is 3.52. The Morgan fingerprint density at radius 1 is 1.08 bits per heavy atom. The van der Waals surface area contributed by atoms with E-state index in [9.17, 15) is 14.4 Å². The lowest BCUT2D eigenvalue weighted by atomic mass is 9.63. The minimum absolute atomic E-state index is 0.135. The van der Waals surface area contributed by atoms with Gasteiger partial charge in [-0.1, -0.05) is 24.3 Å². The number of carbonyl (C=O) groups excluding carboxylic acids is 3. The van der Waals surface area contributed by atoms with Crippen LogP contribution in [0.3, 0.4) is 0 Å². The molecule has 2 bridgehead atoms. The number of ether oxygens (including phenoxy) is 1. The van der Waals surface area contributed by atoms with Gasteiger partial charge < -0.3 is 4.74 Å². The van der Waals surface area contributed by atoms with Crippen molar-refractivity contribution in [3.8, 4) is 0 Å². The SMILES string of the molecule is CCOC(=O)c1ccccc1N1C(=O)[C@@H]2[C@H](C1=O)[C@H]1C=C[C@H]2CC1. The molecule has 0 radical (unpaired) electrons. The van der Waals surface area contributed by atoms with E-state index in [0.717, 1.165) is 12.8 Å². The number of benzene rings is 1. The molecular weight excluding hydrogens is 306 g/mol. The molecule has 5 rings (SSSR count). The van der Waals surface area contributed by atoms with E-state index in [-0.39, 0.29) is 47.7 Å². The van der Waals surface area contributed by atoms with Gasteiger partial charge in [-0.25, -0.2) is 9.69 Å². The fraction of sp³-hybridized carbons (Fsp3) is 0.421. The van der Waals surface area contributed by atoms with Crippen LogP contribution in [-0.4, -0.2) is 24.4 Å². The fourth-order valence-electron chi connectivity index (χ4n) is 4.36. The quantitative estimate of drug-likeness (QED) is 0.487. The van der Waals surface area contributed by atoms with E-state index in [1.807, 2.05) is 0 Å². The largest absolute Gasteiger partial charge is 0.462 e. The van der Waals surface area contributed by atoms with Crippen LogP contribution in [-0.2, 0) is 14.3 Å². The lowest BCUT2D eigenvalue weighted by molar-refractivity contribution is -0.124. The van der Waals surface area contributed by atoms with E-state index in [1.54, 1.807) is 31.2 Å². The number of imide groups is 1. The summed E-state index contributed by atoms with van der Waals surface area (Å²) in [5.74, 6) is -1.16. The highest BCUT2D eigenvalue weighted by atomic mass is 16.5. The highest BCUT2D eigenvalue weighted by Crippen LogP contribution is 2.50. The average Bonchev–Trinajstić information content (AvgIpc) is 2.89. The molecular formula is C19H19NO4. The van der Waals surface area contributed by atoms with Gasteiger partial charge in [-0.05, 0) is 43.7 Å². The summed E-state index contributed by atoms with van der Waals surface area (Å²) < 4.78 is 5.07. The van der Waals surface area contributed by atoms with Crippen molar-refractivity contribution in [3.63, 3.8) is 0 Å². The summed E-state index contributed by atoms with van der Waals surface area (Å²) in [5.41, 5.74) is 0.611. The minimum Gasteiger partial charge on any atom is -0.462 e. The molecule has 1 saturated carbocycles. The molecule has 4 aliphatic rings. The summed E-state index contributed by atoms with van der Waals surface area (Å²) in [4.78, 5) is 39.4. The second-order valence-electron chi connectivity index (χ2n) is 6.59. The molecule has 124 valence electrons. The molecule has 2 fully saturated rings. The van der Waals surface area contributed by atoms with Gasteiger partial charge in [0.2, 0.25) is 11.8 Å². The summed E-state index contributed by atoms with van der Waals surface area (Å²) in [7, 11) is 0. The van der Waals surface area contributed by atoms with Crippen molar-refractivity contribution in [2.45, 2.75) is 19.8 Å². The van der Waals surface area contributed by atoms with Crippen molar-refractivity contribution in [1.29, 1.82) is 0 Å². The second-order valence-corrected chi connectivity index (χ2v) is 6.59. The summed E-state index contributed by atoms with van der Waals surface area (Å²) in [6, 6.07) is 6.68. The zero-order chi connectivity index (χ0) is 16.8. The summed E-state index contributed by atoms with van der Waals surface area (Å²) in [6.07, 6.45) is 6.08.